The van der Waals surface area contributed by atoms with Gasteiger partial charge in [0.05, 0.1) is 4.88 Å². The molecule has 1 unspecified atom stereocenters. The summed E-state index contributed by atoms with van der Waals surface area (Å²) in [5.41, 5.74) is 1.40. The number of rotatable bonds is 8. The molecule has 0 aliphatic carbocycles. The SMILES string of the molecule is O=C(NC(Cc1ccccc1)C(=O)NCC1(c2cccc(F)c2)CCOCC1)c1cccs1. The van der Waals surface area contributed by atoms with E-state index >= 15 is 0 Å². The minimum atomic E-state index is -0.730. The van der Waals surface area contributed by atoms with Crippen molar-refractivity contribution in [3.8, 4) is 0 Å². The van der Waals surface area contributed by atoms with Gasteiger partial charge in [-0.2, -0.15) is 0 Å². The summed E-state index contributed by atoms with van der Waals surface area (Å²) in [4.78, 5) is 26.6. The molecule has 2 heterocycles. The molecule has 0 spiro atoms. The van der Waals surface area contributed by atoms with Crippen molar-refractivity contribution >= 4 is 23.2 Å². The second-order valence-electron chi connectivity index (χ2n) is 8.31. The lowest BCUT2D eigenvalue weighted by atomic mass is 9.74. The van der Waals surface area contributed by atoms with Gasteiger partial charge in [-0.15, -0.1) is 11.3 Å². The van der Waals surface area contributed by atoms with Gasteiger partial charge in [0.1, 0.15) is 11.9 Å². The van der Waals surface area contributed by atoms with E-state index in [1.807, 2.05) is 41.8 Å². The Labute approximate surface area is 197 Å². The Morgan fingerprint density at radius 2 is 1.82 bits per heavy atom. The molecule has 172 valence electrons. The van der Waals surface area contributed by atoms with E-state index in [1.165, 1.54) is 23.5 Å². The van der Waals surface area contributed by atoms with Crippen LogP contribution in [0.1, 0.15) is 33.6 Å². The van der Waals surface area contributed by atoms with Crippen molar-refractivity contribution in [1.82, 2.24) is 10.6 Å². The summed E-state index contributed by atoms with van der Waals surface area (Å²) >= 11 is 1.33. The maximum atomic E-state index is 14.0. The molecule has 5 nitrogen and oxygen atoms in total. The van der Waals surface area contributed by atoms with Crippen LogP contribution < -0.4 is 10.6 Å². The summed E-state index contributed by atoms with van der Waals surface area (Å²) in [6.45, 7) is 1.45. The van der Waals surface area contributed by atoms with Crippen molar-refractivity contribution < 1.29 is 18.7 Å². The molecule has 0 radical (unpaired) electrons. The van der Waals surface area contributed by atoms with Crippen molar-refractivity contribution in [3.63, 3.8) is 0 Å². The zero-order valence-corrected chi connectivity index (χ0v) is 19.1. The van der Waals surface area contributed by atoms with Gasteiger partial charge in [0.25, 0.3) is 5.91 Å². The number of thiophene rings is 1. The van der Waals surface area contributed by atoms with Gasteiger partial charge in [-0.3, -0.25) is 9.59 Å². The highest BCUT2D eigenvalue weighted by Crippen LogP contribution is 2.34. The Bertz CT molecular complexity index is 1070. The molecule has 0 bridgehead atoms. The Kier molecular flexibility index (Phi) is 7.52. The lowest BCUT2D eigenvalue weighted by Gasteiger charge is -2.38. The summed E-state index contributed by atoms with van der Waals surface area (Å²) in [7, 11) is 0. The molecule has 1 fully saturated rings. The fraction of sp³-hybridized carbons (Fsp3) is 0.308. The van der Waals surface area contributed by atoms with E-state index in [4.69, 9.17) is 4.74 Å². The number of ether oxygens (including phenoxy) is 1. The summed E-state index contributed by atoms with van der Waals surface area (Å²) in [6, 6.07) is 19.0. The van der Waals surface area contributed by atoms with Crippen LogP contribution in [0.15, 0.2) is 72.1 Å². The minimum Gasteiger partial charge on any atom is -0.381 e. The predicted molar refractivity (Wildman–Crippen MR) is 127 cm³/mol. The molecule has 1 aromatic heterocycles. The van der Waals surface area contributed by atoms with Crippen LogP contribution in [0.2, 0.25) is 0 Å². The molecule has 1 atom stereocenters. The first-order valence-corrected chi connectivity index (χ1v) is 11.9. The van der Waals surface area contributed by atoms with E-state index < -0.39 is 11.5 Å². The summed E-state index contributed by atoms with van der Waals surface area (Å²) < 4.78 is 19.5. The number of carbonyl (C=O) groups excluding carboxylic acids is 2. The predicted octanol–water partition coefficient (Wildman–Crippen LogP) is 4.09. The maximum Gasteiger partial charge on any atom is 0.262 e. The zero-order chi connectivity index (χ0) is 23.1. The number of hydrogen-bond donors (Lipinski definition) is 2. The average Bonchev–Trinajstić information content (AvgIpc) is 3.39. The van der Waals surface area contributed by atoms with Gasteiger partial charge >= 0.3 is 0 Å². The lowest BCUT2D eigenvalue weighted by Crippen LogP contribution is -2.52. The van der Waals surface area contributed by atoms with E-state index in [2.05, 4.69) is 10.6 Å². The smallest absolute Gasteiger partial charge is 0.262 e. The van der Waals surface area contributed by atoms with Crippen molar-refractivity contribution in [1.29, 1.82) is 0 Å². The van der Waals surface area contributed by atoms with Gasteiger partial charge in [-0.1, -0.05) is 48.5 Å². The topological polar surface area (TPSA) is 67.4 Å². The quantitative estimate of drug-likeness (QED) is 0.526. The fourth-order valence-electron chi connectivity index (χ4n) is 4.22. The van der Waals surface area contributed by atoms with E-state index in [9.17, 15) is 14.0 Å². The zero-order valence-electron chi connectivity index (χ0n) is 18.3. The Morgan fingerprint density at radius 1 is 1.03 bits per heavy atom. The van der Waals surface area contributed by atoms with Crippen LogP contribution in [0.3, 0.4) is 0 Å². The van der Waals surface area contributed by atoms with Crippen LogP contribution in [0.5, 0.6) is 0 Å². The molecule has 2 aromatic carbocycles. The third kappa shape index (κ3) is 5.86. The van der Waals surface area contributed by atoms with Gasteiger partial charge in [-0.25, -0.2) is 4.39 Å². The van der Waals surface area contributed by atoms with Crippen LogP contribution in [-0.2, 0) is 21.4 Å². The second-order valence-corrected chi connectivity index (χ2v) is 9.26. The van der Waals surface area contributed by atoms with Gasteiger partial charge in [0, 0.05) is 31.6 Å². The van der Waals surface area contributed by atoms with Crippen molar-refractivity contribution in [2.75, 3.05) is 19.8 Å². The van der Waals surface area contributed by atoms with E-state index in [0.29, 0.717) is 43.9 Å². The van der Waals surface area contributed by atoms with E-state index in [-0.39, 0.29) is 17.6 Å². The number of benzene rings is 2. The Balaban J connectivity index is 1.51. The summed E-state index contributed by atoms with van der Waals surface area (Å²) in [6.07, 6.45) is 1.74. The largest absolute Gasteiger partial charge is 0.381 e. The Morgan fingerprint density at radius 3 is 2.52 bits per heavy atom. The molecule has 1 aliphatic rings. The molecule has 1 saturated heterocycles. The highest BCUT2D eigenvalue weighted by Gasteiger charge is 2.36. The summed E-state index contributed by atoms with van der Waals surface area (Å²) in [5, 5.41) is 7.77. The summed E-state index contributed by atoms with van der Waals surface area (Å²) in [5.74, 6) is -0.826. The van der Waals surface area contributed by atoms with E-state index in [1.54, 1.807) is 18.2 Å². The van der Waals surface area contributed by atoms with Crippen LogP contribution in [0, 0.1) is 5.82 Å². The van der Waals surface area contributed by atoms with Crippen LogP contribution in [0.25, 0.3) is 0 Å². The highest BCUT2D eigenvalue weighted by atomic mass is 32.1. The third-order valence-electron chi connectivity index (χ3n) is 6.14. The average molecular weight is 467 g/mol. The first-order chi connectivity index (χ1) is 16.1. The monoisotopic (exact) mass is 466 g/mol. The molecular weight excluding hydrogens is 439 g/mol. The van der Waals surface area contributed by atoms with Crippen LogP contribution in [0.4, 0.5) is 4.39 Å². The fourth-order valence-corrected chi connectivity index (χ4v) is 4.85. The normalized spacial score (nSPS) is 16.0. The maximum absolute atomic E-state index is 14.0. The molecule has 7 heteroatoms. The molecule has 2 amide bonds. The first kappa shape index (κ1) is 23.1. The van der Waals surface area contributed by atoms with Crippen molar-refractivity contribution in [2.24, 2.45) is 0 Å². The standard InChI is InChI=1S/C26H27FN2O3S/c27-21-9-4-8-20(17-21)26(11-13-32-14-12-26)18-28-24(30)22(16-19-6-2-1-3-7-19)29-25(31)23-10-5-15-33-23/h1-10,15,17,22H,11-14,16,18H2,(H,28,30)(H,29,31). The number of hydrogen-bond acceptors (Lipinski definition) is 4. The highest BCUT2D eigenvalue weighted by molar-refractivity contribution is 7.12. The van der Waals surface area contributed by atoms with Crippen LogP contribution >= 0.6 is 11.3 Å². The van der Waals surface area contributed by atoms with Crippen molar-refractivity contribution in [2.45, 2.75) is 30.7 Å². The van der Waals surface area contributed by atoms with Crippen molar-refractivity contribution in [3.05, 3.63) is 93.9 Å². The molecule has 0 saturated carbocycles. The number of nitrogens with one attached hydrogen (secondary N) is 2. The van der Waals surface area contributed by atoms with Gasteiger partial charge in [0.2, 0.25) is 5.91 Å². The third-order valence-corrected chi connectivity index (χ3v) is 7.01. The second kappa shape index (κ2) is 10.7. The van der Waals surface area contributed by atoms with E-state index in [0.717, 1.165) is 11.1 Å². The molecular formula is C26H27FN2O3S. The first-order valence-electron chi connectivity index (χ1n) is 11.1. The molecule has 33 heavy (non-hydrogen) atoms. The Hall–Kier alpha value is -3.03. The van der Waals surface area contributed by atoms with Gasteiger partial charge in [-0.05, 0) is 47.5 Å². The number of carbonyl (C=O) groups is 2. The molecule has 3 aromatic rings. The molecule has 1 aliphatic heterocycles. The van der Waals surface area contributed by atoms with Gasteiger partial charge < -0.3 is 15.4 Å². The molecule has 4 rings (SSSR count). The molecule has 2 N–H and O–H groups in total. The minimum absolute atomic E-state index is 0.258. The number of amides is 2. The van der Waals surface area contributed by atoms with Crippen LogP contribution in [-0.4, -0.2) is 37.6 Å². The number of halogens is 1. The van der Waals surface area contributed by atoms with Gasteiger partial charge in [0.15, 0.2) is 0 Å². The lowest BCUT2D eigenvalue weighted by molar-refractivity contribution is -0.123.